The van der Waals surface area contributed by atoms with Gasteiger partial charge in [0.1, 0.15) is 0 Å². The summed E-state index contributed by atoms with van der Waals surface area (Å²) in [5.41, 5.74) is 1.21. The van der Waals surface area contributed by atoms with Crippen molar-refractivity contribution in [3.63, 3.8) is 0 Å². The molecule has 0 saturated carbocycles. The van der Waals surface area contributed by atoms with Gasteiger partial charge in [0.15, 0.2) is 0 Å². The second-order valence-electron chi connectivity index (χ2n) is 5.29. The van der Waals surface area contributed by atoms with Gasteiger partial charge >= 0.3 is 0 Å². The largest absolute Gasteiger partial charge is 0.380 e. The highest BCUT2D eigenvalue weighted by atomic mass is 16.5. The zero-order chi connectivity index (χ0) is 12.7. The van der Waals surface area contributed by atoms with Crippen LogP contribution in [0.25, 0.3) is 0 Å². The first-order chi connectivity index (χ1) is 8.01. The molecular weight excluding hydrogens is 214 g/mol. The van der Waals surface area contributed by atoms with Gasteiger partial charge in [0, 0.05) is 24.9 Å². The van der Waals surface area contributed by atoms with Crippen LogP contribution in [0, 0.1) is 0 Å². The first kappa shape index (κ1) is 14.2. The van der Waals surface area contributed by atoms with E-state index in [4.69, 9.17) is 4.74 Å². The molecule has 0 aliphatic heterocycles. The number of ether oxygens (including phenoxy) is 1. The molecule has 0 aliphatic carbocycles. The summed E-state index contributed by atoms with van der Waals surface area (Å²) >= 11 is 0. The van der Waals surface area contributed by atoms with Crippen molar-refractivity contribution in [2.24, 2.45) is 0 Å². The van der Waals surface area contributed by atoms with Gasteiger partial charge in [0.2, 0.25) is 0 Å². The molecular formula is C13H25N3O. The Balaban J connectivity index is 2.28. The van der Waals surface area contributed by atoms with E-state index in [0.29, 0.717) is 0 Å². The van der Waals surface area contributed by atoms with Crippen molar-refractivity contribution in [3.8, 4) is 0 Å². The van der Waals surface area contributed by atoms with E-state index in [-0.39, 0.29) is 5.54 Å². The van der Waals surface area contributed by atoms with Crippen LogP contribution >= 0.6 is 0 Å². The minimum absolute atomic E-state index is 0.133. The van der Waals surface area contributed by atoms with Crippen LogP contribution in [0.5, 0.6) is 0 Å². The molecule has 4 heteroatoms. The summed E-state index contributed by atoms with van der Waals surface area (Å²) in [5, 5.41) is 7.91. The molecule has 0 spiro atoms. The van der Waals surface area contributed by atoms with E-state index < -0.39 is 0 Å². The first-order valence-corrected chi connectivity index (χ1v) is 6.36. The Bertz CT molecular complexity index is 315. The number of nitrogens with zero attached hydrogens (tertiary/aromatic N) is 2. The summed E-state index contributed by atoms with van der Waals surface area (Å²) in [5.74, 6) is 0. The summed E-state index contributed by atoms with van der Waals surface area (Å²) in [6.07, 6.45) is 3.08. The molecule has 0 aliphatic rings. The van der Waals surface area contributed by atoms with Crippen LogP contribution in [-0.2, 0) is 17.8 Å². The molecule has 0 amide bonds. The van der Waals surface area contributed by atoms with Gasteiger partial charge in [-0.25, -0.2) is 0 Å². The summed E-state index contributed by atoms with van der Waals surface area (Å²) in [6.45, 7) is 11.8. The van der Waals surface area contributed by atoms with Crippen LogP contribution < -0.4 is 5.32 Å². The molecule has 1 aromatic heterocycles. The molecule has 0 unspecified atom stereocenters. The van der Waals surface area contributed by atoms with Crippen molar-refractivity contribution in [1.82, 2.24) is 15.1 Å². The van der Waals surface area contributed by atoms with Gasteiger partial charge in [-0.1, -0.05) is 6.92 Å². The van der Waals surface area contributed by atoms with Crippen molar-refractivity contribution >= 4 is 0 Å². The van der Waals surface area contributed by atoms with Crippen LogP contribution in [0.3, 0.4) is 0 Å². The summed E-state index contributed by atoms with van der Waals surface area (Å²) in [7, 11) is 0. The molecule has 0 atom stereocenters. The second-order valence-corrected chi connectivity index (χ2v) is 5.29. The average Bonchev–Trinajstić information content (AvgIpc) is 2.69. The van der Waals surface area contributed by atoms with E-state index in [1.54, 1.807) is 0 Å². The second kappa shape index (κ2) is 6.77. The molecule has 1 heterocycles. The standard InChI is InChI=1S/C13H25N3O/c1-5-9-17-10-8-16-7-6-12(15-16)11-14-13(2,3)4/h6-7,14H,5,8-11H2,1-4H3. The van der Waals surface area contributed by atoms with Crippen LogP contribution in [0.4, 0.5) is 0 Å². The highest BCUT2D eigenvalue weighted by Gasteiger charge is 2.09. The molecule has 0 bridgehead atoms. The number of rotatable bonds is 7. The molecule has 4 nitrogen and oxygen atoms in total. The molecule has 0 fully saturated rings. The minimum atomic E-state index is 0.133. The smallest absolute Gasteiger partial charge is 0.0762 e. The van der Waals surface area contributed by atoms with E-state index in [1.165, 1.54) is 0 Å². The Hall–Kier alpha value is -0.870. The highest BCUT2D eigenvalue weighted by molar-refractivity contribution is 4.99. The number of aromatic nitrogens is 2. The van der Waals surface area contributed by atoms with Gasteiger partial charge in [-0.05, 0) is 33.3 Å². The summed E-state index contributed by atoms with van der Waals surface area (Å²) in [4.78, 5) is 0. The average molecular weight is 239 g/mol. The Morgan fingerprint density at radius 2 is 2.12 bits per heavy atom. The molecule has 98 valence electrons. The quantitative estimate of drug-likeness (QED) is 0.741. The monoisotopic (exact) mass is 239 g/mol. The maximum Gasteiger partial charge on any atom is 0.0762 e. The Morgan fingerprint density at radius 3 is 2.76 bits per heavy atom. The predicted molar refractivity (Wildman–Crippen MR) is 69.9 cm³/mol. The fourth-order valence-electron chi connectivity index (χ4n) is 1.38. The van der Waals surface area contributed by atoms with Gasteiger partial charge < -0.3 is 10.1 Å². The predicted octanol–water partition coefficient (Wildman–Crippen LogP) is 2.20. The lowest BCUT2D eigenvalue weighted by Gasteiger charge is -2.19. The molecule has 0 radical (unpaired) electrons. The maximum atomic E-state index is 5.43. The summed E-state index contributed by atoms with van der Waals surface area (Å²) < 4.78 is 7.37. The van der Waals surface area contributed by atoms with E-state index >= 15 is 0 Å². The highest BCUT2D eigenvalue weighted by Crippen LogP contribution is 2.02. The Kier molecular flexibility index (Phi) is 5.65. The lowest BCUT2D eigenvalue weighted by molar-refractivity contribution is 0.124. The normalized spacial score (nSPS) is 12.0. The Labute approximate surface area is 104 Å². The van der Waals surface area contributed by atoms with Crippen LogP contribution in [0.1, 0.15) is 39.8 Å². The lowest BCUT2D eigenvalue weighted by Crippen LogP contribution is -2.35. The molecule has 0 saturated heterocycles. The minimum Gasteiger partial charge on any atom is -0.380 e. The maximum absolute atomic E-state index is 5.43. The van der Waals surface area contributed by atoms with Gasteiger partial charge in [-0.3, -0.25) is 4.68 Å². The summed E-state index contributed by atoms with van der Waals surface area (Å²) in [6, 6.07) is 2.05. The van der Waals surface area contributed by atoms with E-state index in [0.717, 1.165) is 38.4 Å². The van der Waals surface area contributed by atoms with Crippen molar-refractivity contribution in [2.75, 3.05) is 13.2 Å². The third kappa shape index (κ3) is 6.44. The van der Waals surface area contributed by atoms with Crippen LogP contribution in [0.2, 0.25) is 0 Å². The SMILES string of the molecule is CCCOCCn1ccc(CNC(C)(C)C)n1. The van der Waals surface area contributed by atoms with Crippen molar-refractivity contribution in [3.05, 3.63) is 18.0 Å². The zero-order valence-electron chi connectivity index (χ0n) is 11.5. The first-order valence-electron chi connectivity index (χ1n) is 6.36. The molecule has 1 N–H and O–H groups in total. The molecule has 1 rings (SSSR count). The number of hydrogen-bond donors (Lipinski definition) is 1. The number of nitrogens with one attached hydrogen (secondary N) is 1. The van der Waals surface area contributed by atoms with E-state index in [2.05, 4.69) is 44.2 Å². The van der Waals surface area contributed by atoms with Gasteiger partial charge in [-0.15, -0.1) is 0 Å². The molecule has 17 heavy (non-hydrogen) atoms. The van der Waals surface area contributed by atoms with Gasteiger partial charge in [0.05, 0.1) is 18.8 Å². The third-order valence-electron chi connectivity index (χ3n) is 2.31. The number of hydrogen-bond acceptors (Lipinski definition) is 3. The van der Waals surface area contributed by atoms with Gasteiger partial charge in [0.25, 0.3) is 0 Å². The van der Waals surface area contributed by atoms with Crippen LogP contribution in [0.15, 0.2) is 12.3 Å². The van der Waals surface area contributed by atoms with Crippen LogP contribution in [-0.4, -0.2) is 28.5 Å². The molecule has 1 aromatic rings. The molecule has 0 aromatic carbocycles. The van der Waals surface area contributed by atoms with Crippen molar-refractivity contribution in [2.45, 2.75) is 52.7 Å². The fourth-order valence-corrected chi connectivity index (χ4v) is 1.38. The zero-order valence-corrected chi connectivity index (χ0v) is 11.5. The van der Waals surface area contributed by atoms with E-state index in [1.807, 2.05) is 10.9 Å². The van der Waals surface area contributed by atoms with Crippen molar-refractivity contribution < 1.29 is 4.74 Å². The van der Waals surface area contributed by atoms with E-state index in [9.17, 15) is 0 Å². The fraction of sp³-hybridized carbons (Fsp3) is 0.769. The van der Waals surface area contributed by atoms with Gasteiger partial charge in [-0.2, -0.15) is 5.10 Å². The van der Waals surface area contributed by atoms with Crippen molar-refractivity contribution in [1.29, 1.82) is 0 Å². The topological polar surface area (TPSA) is 39.1 Å². The lowest BCUT2D eigenvalue weighted by atomic mass is 10.1. The third-order valence-corrected chi connectivity index (χ3v) is 2.31. The Morgan fingerprint density at radius 1 is 1.35 bits per heavy atom.